The van der Waals surface area contributed by atoms with Gasteiger partial charge in [0.1, 0.15) is 5.56 Å². The van der Waals surface area contributed by atoms with Crippen molar-refractivity contribution < 1.29 is 19.2 Å². The van der Waals surface area contributed by atoms with E-state index in [9.17, 15) is 14.9 Å². The van der Waals surface area contributed by atoms with E-state index in [1.165, 1.54) is 19.2 Å². The van der Waals surface area contributed by atoms with Crippen molar-refractivity contribution in [3.05, 3.63) is 27.8 Å². The number of amides is 1. The molecule has 138 valence electrons. The number of piperidine rings is 1. The van der Waals surface area contributed by atoms with E-state index in [0.29, 0.717) is 25.4 Å². The Morgan fingerprint density at radius 3 is 2.76 bits per heavy atom. The molecule has 0 bridgehead atoms. The summed E-state index contributed by atoms with van der Waals surface area (Å²) < 4.78 is 10.6. The molecule has 0 saturated carbocycles. The lowest BCUT2D eigenvalue weighted by atomic mass is 9.91. The minimum absolute atomic E-state index is 0.0135. The van der Waals surface area contributed by atoms with Crippen molar-refractivity contribution in [2.24, 2.45) is 11.7 Å². The quantitative estimate of drug-likeness (QED) is 0.622. The van der Waals surface area contributed by atoms with E-state index in [0.717, 1.165) is 12.8 Å². The third-order valence-electron chi connectivity index (χ3n) is 4.50. The summed E-state index contributed by atoms with van der Waals surface area (Å²) in [6, 6.07) is 2.61. The highest BCUT2D eigenvalue weighted by Gasteiger charge is 2.31. The fourth-order valence-electron chi connectivity index (χ4n) is 3.09. The first-order valence-electron chi connectivity index (χ1n) is 8.43. The van der Waals surface area contributed by atoms with Crippen molar-refractivity contribution >= 4 is 11.6 Å². The monoisotopic (exact) mass is 351 g/mol. The Hall–Kier alpha value is -2.35. The molecule has 2 atom stereocenters. The number of rotatable bonds is 6. The maximum atomic E-state index is 12.9. The summed E-state index contributed by atoms with van der Waals surface area (Å²) in [7, 11) is 1.40. The van der Waals surface area contributed by atoms with Gasteiger partial charge in [-0.3, -0.25) is 14.9 Å². The molecule has 1 aromatic carbocycles. The molecule has 2 N–H and O–H groups in total. The fourth-order valence-corrected chi connectivity index (χ4v) is 3.09. The lowest BCUT2D eigenvalue weighted by molar-refractivity contribution is -0.385. The number of nitrogens with zero attached hydrogens (tertiary/aromatic N) is 2. The van der Waals surface area contributed by atoms with Gasteiger partial charge in [-0.1, -0.05) is 0 Å². The maximum Gasteiger partial charge on any atom is 0.286 e. The molecule has 8 heteroatoms. The summed E-state index contributed by atoms with van der Waals surface area (Å²) in [5, 5.41) is 11.4. The van der Waals surface area contributed by atoms with Crippen LogP contribution in [0.4, 0.5) is 5.69 Å². The van der Waals surface area contributed by atoms with Crippen molar-refractivity contribution in [1.82, 2.24) is 4.90 Å². The molecule has 0 spiro atoms. The average molecular weight is 351 g/mol. The molecule has 1 saturated heterocycles. The smallest absolute Gasteiger partial charge is 0.286 e. The SMILES string of the molecule is CCOc1cc(C(=O)N2CCCC(C(C)N)C2)c([N+](=O)[O-])cc1OC. The van der Waals surface area contributed by atoms with Gasteiger partial charge in [-0.05, 0) is 32.6 Å². The van der Waals surface area contributed by atoms with Crippen LogP contribution >= 0.6 is 0 Å². The first kappa shape index (κ1) is 19.0. The van der Waals surface area contributed by atoms with E-state index >= 15 is 0 Å². The minimum atomic E-state index is -0.571. The van der Waals surface area contributed by atoms with E-state index in [1.807, 2.05) is 6.92 Å². The van der Waals surface area contributed by atoms with Crippen LogP contribution in [-0.2, 0) is 0 Å². The lowest BCUT2D eigenvalue weighted by Gasteiger charge is -2.34. The van der Waals surface area contributed by atoms with Crippen LogP contribution in [0.15, 0.2) is 12.1 Å². The number of nitro benzene ring substituents is 1. The maximum absolute atomic E-state index is 12.9. The molecule has 1 heterocycles. The summed E-state index contributed by atoms with van der Waals surface area (Å²) in [5.74, 6) is 0.374. The number of methoxy groups -OCH3 is 1. The van der Waals surface area contributed by atoms with Crippen LogP contribution in [0.3, 0.4) is 0 Å². The fraction of sp³-hybridized carbons (Fsp3) is 0.588. The molecule has 1 fully saturated rings. The molecule has 8 nitrogen and oxygen atoms in total. The van der Waals surface area contributed by atoms with Gasteiger partial charge in [0.2, 0.25) is 0 Å². The first-order valence-corrected chi connectivity index (χ1v) is 8.43. The molecule has 0 aliphatic carbocycles. The van der Waals surface area contributed by atoms with E-state index in [4.69, 9.17) is 15.2 Å². The van der Waals surface area contributed by atoms with Crippen molar-refractivity contribution in [2.45, 2.75) is 32.7 Å². The first-order chi connectivity index (χ1) is 11.9. The molecule has 0 radical (unpaired) electrons. The second-order valence-electron chi connectivity index (χ2n) is 6.22. The lowest BCUT2D eigenvalue weighted by Crippen LogP contribution is -2.45. The average Bonchev–Trinajstić information content (AvgIpc) is 2.60. The zero-order chi connectivity index (χ0) is 18.6. The third kappa shape index (κ3) is 4.19. The van der Waals surface area contributed by atoms with Crippen LogP contribution < -0.4 is 15.2 Å². The number of hydrogen-bond donors (Lipinski definition) is 1. The zero-order valence-corrected chi connectivity index (χ0v) is 14.9. The minimum Gasteiger partial charge on any atom is -0.493 e. The molecular formula is C17H25N3O5. The molecule has 2 unspecified atom stereocenters. The molecule has 0 aromatic heterocycles. The molecular weight excluding hydrogens is 326 g/mol. The number of nitrogens with two attached hydrogens (primary N) is 1. The van der Waals surface area contributed by atoms with Crippen LogP contribution in [0.5, 0.6) is 11.5 Å². The van der Waals surface area contributed by atoms with E-state index < -0.39 is 4.92 Å². The number of carbonyl (C=O) groups excluding carboxylic acids is 1. The van der Waals surface area contributed by atoms with Crippen LogP contribution in [-0.4, -0.2) is 48.6 Å². The molecule has 1 aliphatic rings. The van der Waals surface area contributed by atoms with E-state index in [1.54, 1.807) is 11.8 Å². The molecule has 2 rings (SSSR count). The summed E-state index contributed by atoms with van der Waals surface area (Å²) in [6.45, 7) is 5.14. The standard InChI is InChI=1S/C17H25N3O5/c1-4-25-16-8-13(14(20(22)23)9-15(16)24-3)17(21)19-7-5-6-12(10-19)11(2)18/h8-9,11-12H,4-7,10,18H2,1-3H3. The van der Waals surface area contributed by atoms with Crippen LogP contribution in [0.2, 0.25) is 0 Å². The zero-order valence-electron chi connectivity index (χ0n) is 14.9. The Kier molecular flexibility index (Phi) is 6.19. The largest absolute Gasteiger partial charge is 0.493 e. The van der Waals surface area contributed by atoms with Crippen LogP contribution in [0, 0.1) is 16.0 Å². The van der Waals surface area contributed by atoms with Crippen molar-refractivity contribution in [1.29, 1.82) is 0 Å². The Labute approximate surface area is 147 Å². The van der Waals surface area contributed by atoms with Gasteiger partial charge in [0.25, 0.3) is 11.6 Å². The Morgan fingerprint density at radius 1 is 1.48 bits per heavy atom. The van der Waals surface area contributed by atoms with E-state index in [2.05, 4.69) is 0 Å². The van der Waals surface area contributed by atoms with Gasteiger partial charge >= 0.3 is 0 Å². The second-order valence-corrected chi connectivity index (χ2v) is 6.22. The van der Waals surface area contributed by atoms with Crippen molar-refractivity contribution in [3.8, 4) is 11.5 Å². The summed E-state index contributed by atoms with van der Waals surface area (Å²) in [6.07, 6.45) is 1.79. The third-order valence-corrected chi connectivity index (χ3v) is 4.50. The summed E-state index contributed by atoms with van der Waals surface area (Å²) >= 11 is 0. The Bertz CT molecular complexity index is 647. The summed E-state index contributed by atoms with van der Waals surface area (Å²) in [5.41, 5.74) is 5.69. The van der Waals surface area contributed by atoms with Crippen molar-refractivity contribution in [2.75, 3.05) is 26.8 Å². The van der Waals surface area contributed by atoms with Gasteiger partial charge in [0.05, 0.1) is 24.7 Å². The Morgan fingerprint density at radius 2 is 2.20 bits per heavy atom. The number of nitro groups is 1. The van der Waals surface area contributed by atoms with Gasteiger partial charge in [-0.25, -0.2) is 0 Å². The Balaban J connectivity index is 2.39. The normalized spacial score (nSPS) is 18.6. The highest BCUT2D eigenvalue weighted by molar-refractivity contribution is 5.99. The van der Waals surface area contributed by atoms with Gasteiger partial charge in [0, 0.05) is 25.2 Å². The number of hydrogen-bond acceptors (Lipinski definition) is 6. The van der Waals surface area contributed by atoms with Gasteiger partial charge in [-0.15, -0.1) is 0 Å². The molecule has 1 aromatic rings. The number of likely N-dealkylation sites (tertiary alicyclic amines) is 1. The molecule has 1 aliphatic heterocycles. The topological polar surface area (TPSA) is 108 Å². The van der Waals surface area contributed by atoms with Gasteiger partial charge in [-0.2, -0.15) is 0 Å². The van der Waals surface area contributed by atoms with Crippen LogP contribution in [0.1, 0.15) is 37.0 Å². The number of ether oxygens (including phenoxy) is 2. The van der Waals surface area contributed by atoms with Crippen LogP contribution in [0.25, 0.3) is 0 Å². The highest BCUT2D eigenvalue weighted by atomic mass is 16.6. The van der Waals surface area contributed by atoms with E-state index in [-0.39, 0.29) is 34.9 Å². The predicted molar refractivity (Wildman–Crippen MR) is 93.1 cm³/mol. The molecule has 25 heavy (non-hydrogen) atoms. The van der Waals surface area contributed by atoms with Crippen molar-refractivity contribution in [3.63, 3.8) is 0 Å². The number of benzene rings is 1. The number of carbonyl (C=O) groups is 1. The highest BCUT2D eigenvalue weighted by Crippen LogP contribution is 2.36. The second kappa shape index (κ2) is 8.15. The molecule has 1 amide bonds. The van der Waals surface area contributed by atoms with Gasteiger partial charge in [0.15, 0.2) is 11.5 Å². The van der Waals surface area contributed by atoms with Gasteiger partial charge < -0.3 is 20.1 Å². The predicted octanol–water partition coefficient (Wildman–Crippen LogP) is 2.20. The summed E-state index contributed by atoms with van der Waals surface area (Å²) in [4.78, 5) is 25.4.